The van der Waals surface area contributed by atoms with Crippen molar-refractivity contribution >= 4 is 93.6 Å². The molecule has 0 bridgehead atoms. The smallest absolute Gasteiger partial charge is 0.404 e. The van der Waals surface area contributed by atoms with Crippen molar-refractivity contribution in [3.8, 4) is 5.75 Å². The van der Waals surface area contributed by atoms with Crippen LogP contribution in [0.4, 0.5) is 17.1 Å². The minimum absolute atomic E-state index is 0.0308. The van der Waals surface area contributed by atoms with E-state index in [1.165, 1.54) is 13.0 Å². The number of aliphatic hydroxyl groups is 1. The fourth-order valence-corrected chi connectivity index (χ4v) is 9.52. The van der Waals surface area contributed by atoms with Crippen molar-refractivity contribution in [1.29, 1.82) is 0 Å². The Morgan fingerprint density at radius 3 is 2.25 bits per heavy atom. The first kappa shape index (κ1) is 54.8. The number of carbonyl (C=O) groups excluding carboxylic acids is 6. The van der Waals surface area contributed by atoms with Gasteiger partial charge < -0.3 is 40.8 Å². The summed E-state index contributed by atoms with van der Waals surface area (Å²) < 4.78 is 17.0. The molecule has 6 amide bonds. The van der Waals surface area contributed by atoms with Gasteiger partial charge in [-0.15, -0.1) is 11.6 Å². The number of aromatic amines is 1. The fraction of sp³-hybridized carbons (Fsp3) is 0.385. The zero-order chi connectivity index (χ0) is 52.4. The van der Waals surface area contributed by atoms with E-state index in [0.717, 1.165) is 16.5 Å². The lowest BCUT2D eigenvalue weighted by atomic mass is 9.95. The summed E-state index contributed by atoms with van der Waals surface area (Å²) in [6.07, 6.45) is 2.45. The van der Waals surface area contributed by atoms with Crippen LogP contribution in [0.3, 0.4) is 0 Å². The van der Waals surface area contributed by atoms with E-state index >= 15 is 0 Å². The minimum Gasteiger partial charge on any atom is -0.404 e. The summed E-state index contributed by atoms with van der Waals surface area (Å²) in [4.78, 5) is 103. The highest BCUT2D eigenvalue weighted by Crippen LogP contribution is 2.50. The van der Waals surface area contributed by atoms with Gasteiger partial charge in [-0.2, -0.15) is 0 Å². The molecule has 8 N–H and O–H groups in total. The lowest BCUT2D eigenvalue weighted by molar-refractivity contribution is -0.140. The number of alkyl halides is 1. The van der Waals surface area contributed by atoms with Crippen molar-refractivity contribution < 1.29 is 52.7 Å². The Morgan fingerprint density at radius 1 is 0.917 bits per heavy atom. The number of phosphoric ester groups is 1. The van der Waals surface area contributed by atoms with E-state index in [9.17, 15) is 48.2 Å². The summed E-state index contributed by atoms with van der Waals surface area (Å²) in [5.74, 6) is -2.82. The molecule has 72 heavy (non-hydrogen) atoms. The third kappa shape index (κ3) is 13.7. The van der Waals surface area contributed by atoms with Crippen LogP contribution in [0.1, 0.15) is 107 Å². The van der Waals surface area contributed by atoms with Gasteiger partial charge in [0.15, 0.2) is 6.23 Å². The van der Waals surface area contributed by atoms with Crippen LogP contribution in [0.15, 0.2) is 91.5 Å². The number of amides is 6. The first-order valence-electron chi connectivity index (χ1n) is 23.9. The van der Waals surface area contributed by atoms with Crippen LogP contribution in [-0.4, -0.2) is 91.3 Å². The summed E-state index contributed by atoms with van der Waals surface area (Å²) in [5, 5.41) is 25.1. The number of hydrogen-bond acceptors (Lipinski definition) is 10. The molecule has 1 aliphatic heterocycles. The first-order valence-corrected chi connectivity index (χ1v) is 26.0. The Bertz CT molecular complexity index is 2870. The number of rotatable bonds is 23. The third-order valence-corrected chi connectivity index (χ3v) is 13.5. The number of benzene rings is 4. The highest BCUT2D eigenvalue weighted by molar-refractivity contribution is 7.46. The van der Waals surface area contributed by atoms with E-state index in [1.807, 2.05) is 39.8 Å². The molecular weight excluding hydrogens is 965 g/mol. The Morgan fingerprint density at radius 2 is 1.61 bits per heavy atom. The summed E-state index contributed by atoms with van der Waals surface area (Å²) >= 11 is 6.44. The molecule has 0 spiro atoms. The molecule has 4 aromatic carbocycles. The highest BCUT2D eigenvalue weighted by atomic mass is 35.5. The van der Waals surface area contributed by atoms with Gasteiger partial charge in [-0.05, 0) is 96.7 Å². The summed E-state index contributed by atoms with van der Waals surface area (Å²) in [6.45, 7) is 12.8. The molecule has 18 nitrogen and oxygen atoms in total. The van der Waals surface area contributed by atoms with E-state index < -0.39 is 49.8 Å². The lowest BCUT2D eigenvalue weighted by Crippen LogP contribution is -2.54. The number of nitrogens with one attached hydrogen (secondary N) is 5. The maximum absolute atomic E-state index is 13.7. The van der Waals surface area contributed by atoms with E-state index in [4.69, 9.17) is 16.1 Å². The Kier molecular flexibility index (Phi) is 18.4. The highest BCUT2D eigenvalue weighted by Gasteiger charge is 2.37. The van der Waals surface area contributed by atoms with Crippen LogP contribution >= 0.6 is 19.4 Å². The van der Waals surface area contributed by atoms with Gasteiger partial charge in [0.25, 0.3) is 11.8 Å². The molecule has 5 atom stereocenters. The molecule has 0 aliphatic carbocycles. The van der Waals surface area contributed by atoms with Gasteiger partial charge in [-0.1, -0.05) is 71.4 Å². The van der Waals surface area contributed by atoms with Gasteiger partial charge in [0.05, 0.1) is 5.69 Å². The Hall–Kier alpha value is -6.56. The molecule has 2 heterocycles. The topological polar surface area (TPSA) is 260 Å². The monoisotopic (exact) mass is 1030 g/mol. The van der Waals surface area contributed by atoms with Crippen molar-refractivity contribution in [2.75, 3.05) is 34.5 Å². The lowest BCUT2D eigenvalue weighted by Gasteiger charge is -2.27. The van der Waals surface area contributed by atoms with Crippen molar-refractivity contribution in [3.05, 3.63) is 108 Å². The average molecular weight is 1030 g/mol. The van der Waals surface area contributed by atoms with Gasteiger partial charge in [-0.25, -0.2) is 4.57 Å². The molecule has 384 valence electrons. The molecule has 6 rings (SSSR count). The number of hydrogen-bond donors (Lipinski definition) is 8. The predicted octanol–water partition coefficient (Wildman–Crippen LogP) is 8.00. The van der Waals surface area contributed by atoms with Gasteiger partial charge in [0.1, 0.15) is 17.8 Å². The van der Waals surface area contributed by atoms with Crippen LogP contribution in [0, 0.1) is 11.8 Å². The summed E-state index contributed by atoms with van der Waals surface area (Å²) in [7, 11) is -4.92. The fourth-order valence-electron chi connectivity index (χ4n) is 8.86. The summed E-state index contributed by atoms with van der Waals surface area (Å²) in [6, 6.07) is 20.0. The Balaban J connectivity index is 1.06. The normalized spacial score (nSPS) is 15.0. The number of halogens is 1. The number of aromatic nitrogens is 1. The quantitative estimate of drug-likeness (QED) is 0.0134. The second-order valence-electron chi connectivity index (χ2n) is 18.5. The number of imide groups is 1. The van der Waals surface area contributed by atoms with Crippen LogP contribution in [-0.2, 0) is 28.5 Å². The number of unbranched alkanes of at least 4 members (excludes halogenated alkanes) is 2. The number of aliphatic hydroxyl groups excluding tert-OH is 1. The zero-order valence-corrected chi connectivity index (χ0v) is 42.6. The molecule has 0 fully saturated rings. The van der Waals surface area contributed by atoms with E-state index in [-0.39, 0.29) is 54.2 Å². The number of anilines is 3. The summed E-state index contributed by atoms with van der Waals surface area (Å²) in [5.41, 5.74) is 3.61. The van der Waals surface area contributed by atoms with Gasteiger partial charge in [0, 0.05) is 83.2 Å². The van der Waals surface area contributed by atoms with Crippen LogP contribution in [0.2, 0.25) is 0 Å². The molecule has 5 aromatic rings. The second kappa shape index (κ2) is 24.2. The molecular formula is C52H63ClN7O11P. The van der Waals surface area contributed by atoms with Crippen LogP contribution < -0.4 is 30.7 Å². The van der Waals surface area contributed by atoms with Gasteiger partial charge in [-0.3, -0.25) is 43.5 Å². The third-order valence-electron chi connectivity index (χ3n) is 12.7. The first-order chi connectivity index (χ1) is 34.2. The maximum atomic E-state index is 13.7. The molecule has 1 aromatic heterocycles. The van der Waals surface area contributed by atoms with Crippen molar-refractivity contribution in [1.82, 2.24) is 20.5 Å². The number of H-pyrrole nitrogens is 1. The average Bonchev–Trinajstić information content (AvgIpc) is 3.94. The van der Waals surface area contributed by atoms with Crippen LogP contribution in [0.25, 0.3) is 21.7 Å². The standard InChI is InChI=1S/C52H63ClN7O11P/c1-7-31(5)48(58-50(65)41(24-30(3)4)57-45(62)16-10-9-13-23-59(32(6)61)46(63)8-2)51(66)54-36-19-17-33(18-20-36)49(64)55-37-21-22-40-34(25-37)26-42(56-40)52(67)60-29-35(28-53)47-39-15-12-11-14-38(39)44(27-43(47)60)71-72(68,69)70/h8,11-12,14-15,17-22,25-27,30-31,35,41,48,52,56,67H,2,7,9-10,13,16,23-24,28-29H2,1,3-6H3,(H,54,66)(H,55,64)(H,57,62)(H,58,65)(H2,68,69,70). The zero-order valence-electron chi connectivity index (χ0n) is 40.9. The van der Waals surface area contributed by atoms with E-state index in [2.05, 4.69) is 32.8 Å². The van der Waals surface area contributed by atoms with Gasteiger partial charge in [0.2, 0.25) is 23.6 Å². The molecule has 0 radical (unpaired) electrons. The maximum Gasteiger partial charge on any atom is 0.524 e. The predicted molar refractivity (Wildman–Crippen MR) is 278 cm³/mol. The molecule has 20 heteroatoms. The van der Waals surface area contributed by atoms with E-state index in [1.54, 1.807) is 65.6 Å². The number of fused-ring (bicyclic) bond motifs is 4. The van der Waals surface area contributed by atoms with Crippen molar-refractivity contribution in [3.63, 3.8) is 0 Å². The Labute approximate surface area is 423 Å². The second-order valence-corrected chi connectivity index (χ2v) is 20.0. The van der Waals surface area contributed by atoms with Crippen molar-refractivity contribution in [2.24, 2.45) is 11.8 Å². The molecule has 0 saturated heterocycles. The molecule has 1 aliphatic rings. The molecule has 0 saturated carbocycles. The SMILES string of the molecule is C=CC(=O)N(CCCCCC(=O)NC(CC(C)C)C(=O)NC(C(=O)Nc1ccc(C(=O)Nc2ccc3[nH]c(C(O)N4CC(CCl)c5c4cc(OP(=O)(O)O)c4ccccc54)cc3c2)cc1)C(C)CC)C(C)=O. The van der Waals surface area contributed by atoms with Gasteiger partial charge >= 0.3 is 7.82 Å². The number of nitrogens with zero attached hydrogens (tertiary/aromatic N) is 2. The van der Waals surface area contributed by atoms with Crippen LogP contribution in [0.5, 0.6) is 5.75 Å². The minimum atomic E-state index is -4.92. The number of carbonyl (C=O) groups is 6. The largest absolute Gasteiger partial charge is 0.524 e. The van der Waals surface area contributed by atoms with E-state index in [0.29, 0.717) is 88.6 Å². The number of phosphoric acid groups is 1. The molecule has 5 unspecified atom stereocenters. The van der Waals surface area contributed by atoms with Crippen molar-refractivity contribution in [2.45, 2.75) is 97.4 Å².